The SMILES string of the molecule is CN1CCC(C2CNc3cccc(O)c32)CC1. The monoisotopic (exact) mass is 232 g/mol. The lowest BCUT2D eigenvalue weighted by atomic mass is 9.81. The third-order valence-electron chi connectivity index (χ3n) is 4.30. The van der Waals surface area contributed by atoms with Crippen molar-refractivity contribution in [3.63, 3.8) is 0 Å². The van der Waals surface area contributed by atoms with Crippen molar-refractivity contribution < 1.29 is 5.11 Å². The fourth-order valence-electron chi connectivity index (χ4n) is 3.25. The highest BCUT2D eigenvalue weighted by Crippen LogP contribution is 2.44. The summed E-state index contributed by atoms with van der Waals surface area (Å²) in [5.41, 5.74) is 2.29. The van der Waals surface area contributed by atoms with Crippen molar-refractivity contribution in [3.05, 3.63) is 23.8 Å². The number of phenolic OH excluding ortho intramolecular Hbond substituents is 1. The van der Waals surface area contributed by atoms with Gasteiger partial charge in [-0.1, -0.05) is 6.07 Å². The highest BCUT2D eigenvalue weighted by molar-refractivity contribution is 5.63. The van der Waals surface area contributed by atoms with Gasteiger partial charge in [0.2, 0.25) is 0 Å². The van der Waals surface area contributed by atoms with Gasteiger partial charge in [0.1, 0.15) is 5.75 Å². The van der Waals surface area contributed by atoms with Crippen molar-refractivity contribution in [2.75, 3.05) is 32.0 Å². The molecule has 17 heavy (non-hydrogen) atoms. The highest BCUT2D eigenvalue weighted by atomic mass is 16.3. The second-order valence-electron chi connectivity index (χ2n) is 5.37. The number of aromatic hydroxyl groups is 1. The number of nitrogens with zero attached hydrogens (tertiary/aromatic N) is 1. The zero-order valence-electron chi connectivity index (χ0n) is 10.3. The van der Waals surface area contributed by atoms with Gasteiger partial charge < -0.3 is 15.3 Å². The summed E-state index contributed by atoms with van der Waals surface area (Å²) in [5, 5.41) is 13.5. The molecule has 1 aromatic rings. The first-order valence-electron chi connectivity index (χ1n) is 6.50. The molecule has 2 aliphatic rings. The molecule has 1 atom stereocenters. The number of likely N-dealkylation sites (tertiary alicyclic amines) is 1. The number of nitrogens with one attached hydrogen (secondary N) is 1. The number of fused-ring (bicyclic) bond motifs is 1. The summed E-state index contributed by atoms with van der Waals surface area (Å²) in [6, 6.07) is 5.80. The average Bonchev–Trinajstić information content (AvgIpc) is 2.75. The van der Waals surface area contributed by atoms with E-state index < -0.39 is 0 Å². The minimum atomic E-state index is 0.469. The second-order valence-corrected chi connectivity index (χ2v) is 5.37. The number of hydrogen-bond donors (Lipinski definition) is 2. The van der Waals surface area contributed by atoms with Gasteiger partial charge in [-0.25, -0.2) is 0 Å². The van der Waals surface area contributed by atoms with Crippen LogP contribution in [0.25, 0.3) is 0 Å². The molecule has 2 heterocycles. The number of piperidine rings is 1. The molecule has 2 N–H and O–H groups in total. The van der Waals surface area contributed by atoms with E-state index in [1.807, 2.05) is 12.1 Å². The van der Waals surface area contributed by atoms with Crippen molar-refractivity contribution in [1.82, 2.24) is 4.90 Å². The summed E-state index contributed by atoms with van der Waals surface area (Å²) < 4.78 is 0. The smallest absolute Gasteiger partial charge is 0.121 e. The molecule has 3 rings (SSSR count). The highest BCUT2D eigenvalue weighted by Gasteiger charge is 2.33. The summed E-state index contributed by atoms with van der Waals surface area (Å²) in [5.74, 6) is 1.68. The van der Waals surface area contributed by atoms with E-state index in [1.54, 1.807) is 0 Å². The lowest BCUT2D eigenvalue weighted by Gasteiger charge is -2.32. The molecule has 0 bridgehead atoms. The fraction of sp³-hybridized carbons (Fsp3) is 0.571. The molecule has 2 aliphatic heterocycles. The number of anilines is 1. The first-order chi connectivity index (χ1) is 8.25. The van der Waals surface area contributed by atoms with Gasteiger partial charge in [0.05, 0.1) is 0 Å². The van der Waals surface area contributed by atoms with Gasteiger partial charge in [-0.15, -0.1) is 0 Å². The predicted octanol–water partition coefficient (Wildman–Crippen LogP) is 2.24. The Morgan fingerprint density at radius 1 is 1.29 bits per heavy atom. The topological polar surface area (TPSA) is 35.5 Å². The van der Waals surface area contributed by atoms with Gasteiger partial charge in [0.25, 0.3) is 0 Å². The molecule has 1 unspecified atom stereocenters. The largest absolute Gasteiger partial charge is 0.508 e. The Bertz CT molecular complexity index is 411. The Kier molecular flexibility index (Phi) is 2.71. The number of hydrogen-bond acceptors (Lipinski definition) is 3. The number of benzene rings is 1. The van der Waals surface area contributed by atoms with Crippen molar-refractivity contribution >= 4 is 5.69 Å². The molecule has 3 heteroatoms. The zero-order chi connectivity index (χ0) is 11.8. The molecule has 0 saturated carbocycles. The Morgan fingerprint density at radius 3 is 2.82 bits per heavy atom. The standard InChI is InChI=1S/C14H20N2O/c1-16-7-5-10(6-8-16)11-9-15-12-3-2-4-13(17)14(11)12/h2-4,10-11,15,17H,5-9H2,1H3. The zero-order valence-corrected chi connectivity index (χ0v) is 10.3. The number of phenols is 1. The Balaban J connectivity index is 1.83. The molecule has 0 amide bonds. The van der Waals surface area contributed by atoms with Crippen LogP contribution in [0.5, 0.6) is 5.75 Å². The van der Waals surface area contributed by atoms with Crippen LogP contribution < -0.4 is 5.32 Å². The third kappa shape index (κ3) is 1.89. The van der Waals surface area contributed by atoms with Gasteiger partial charge >= 0.3 is 0 Å². The van der Waals surface area contributed by atoms with E-state index in [0.29, 0.717) is 17.6 Å². The third-order valence-corrected chi connectivity index (χ3v) is 4.30. The van der Waals surface area contributed by atoms with Crippen LogP contribution in [0.1, 0.15) is 24.3 Å². The Labute approximate surface area is 102 Å². The summed E-state index contributed by atoms with van der Waals surface area (Å²) >= 11 is 0. The Hall–Kier alpha value is -1.22. The summed E-state index contributed by atoms with van der Waals surface area (Å²) in [4.78, 5) is 2.39. The molecular formula is C14H20N2O. The predicted molar refractivity (Wildman–Crippen MR) is 69.6 cm³/mol. The molecule has 0 aromatic heterocycles. The van der Waals surface area contributed by atoms with E-state index in [2.05, 4.69) is 23.3 Å². The van der Waals surface area contributed by atoms with E-state index in [1.165, 1.54) is 25.9 Å². The van der Waals surface area contributed by atoms with Crippen LogP contribution in [0.2, 0.25) is 0 Å². The van der Waals surface area contributed by atoms with Crippen LogP contribution in [-0.4, -0.2) is 36.7 Å². The maximum Gasteiger partial charge on any atom is 0.121 e. The van der Waals surface area contributed by atoms with E-state index >= 15 is 0 Å². The van der Waals surface area contributed by atoms with E-state index in [4.69, 9.17) is 0 Å². The van der Waals surface area contributed by atoms with Gasteiger partial charge in [-0.2, -0.15) is 0 Å². The van der Waals surface area contributed by atoms with Gasteiger partial charge in [-0.05, 0) is 51.0 Å². The molecule has 0 aliphatic carbocycles. The minimum absolute atomic E-state index is 0.469. The Morgan fingerprint density at radius 2 is 2.06 bits per heavy atom. The number of rotatable bonds is 1. The maximum atomic E-state index is 10.0. The van der Waals surface area contributed by atoms with Crippen molar-refractivity contribution in [2.24, 2.45) is 5.92 Å². The summed E-state index contributed by atoms with van der Waals surface area (Å²) in [7, 11) is 2.19. The second kappa shape index (κ2) is 4.22. The molecule has 1 saturated heterocycles. The molecule has 3 nitrogen and oxygen atoms in total. The van der Waals surface area contributed by atoms with Crippen LogP contribution in [-0.2, 0) is 0 Å². The lowest BCUT2D eigenvalue weighted by Crippen LogP contribution is -2.33. The van der Waals surface area contributed by atoms with Gasteiger partial charge in [0, 0.05) is 23.7 Å². The molecular weight excluding hydrogens is 212 g/mol. The van der Waals surface area contributed by atoms with Crippen molar-refractivity contribution in [3.8, 4) is 5.75 Å². The quantitative estimate of drug-likeness (QED) is 0.779. The molecule has 1 fully saturated rings. The lowest BCUT2D eigenvalue weighted by molar-refractivity contribution is 0.201. The first kappa shape index (κ1) is 10.9. The first-order valence-corrected chi connectivity index (χ1v) is 6.50. The molecule has 0 spiro atoms. The average molecular weight is 232 g/mol. The fourth-order valence-corrected chi connectivity index (χ4v) is 3.25. The van der Waals surface area contributed by atoms with Crippen LogP contribution in [0.15, 0.2) is 18.2 Å². The van der Waals surface area contributed by atoms with Gasteiger partial charge in [0.15, 0.2) is 0 Å². The van der Waals surface area contributed by atoms with Crippen molar-refractivity contribution in [2.45, 2.75) is 18.8 Å². The van der Waals surface area contributed by atoms with Crippen LogP contribution in [0.3, 0.4) is 0 Å². The normalized spacial score (nSPS) is 25.6. The summed E-state index contributed by atoms with van der Waals surface area (Å²) in [6.45, 7) is 3.36. The van der Waals surface area contributed by atoms with E-state index in [9.17, 15) is 5.11 Å². The summed E-state index contributed by atoms with van der Waals surface area (Å²) in [6.07, 6.45) is 2.49. The van der Waals surface area contributed by atoms with Gasteiger partial charge in [-0.3, -0.25) is 0 Å². The molecule has 92 valence electrons. The van der Waals surface area contributed by atoms with Crippen LogP contribution in [0, 0.1) is 5.92 Å². The molecule has 1 aromatic carbocycles. The van der Waals surface area contributed by atoms with E-state index in [0.717, 1.165) is 17.8 Å². The minimum Gasteiger partial charge on any atom is -0.508 e. The van der Waals surface area contributed by atoms with Crippen LogP contribution >= 0.6 is 0 Å². The maximum absolute atomic E-state index is 10.0. The molecule has 0 radical (unpaired) electrons. The van der Waals surface area contributed by atoms with Crippen LogP contribution in [0.4, 0.5) is 5.69 Å². The van der Waals surface area contributed by atoms with E-state index in [-0.39, 0.29) is 0 Å². The van der Waals surface area contributed by atoms with Crippen molar-refractivity contribution in [1.29, 1.82) is 0 Å².